The van der Waals surface area contributed by atoms with Crippen molar-refractivity contribution >= 4 is 22.8 Å². The van der Waals surface area contributed by atoms with E-state index in [1.165, 1.54) is 0 Å². The van der Waals surface area contributed by atoms with E-state index < -0.39 is 0 Å². The van der Waals surface area contributed by atoms with Gasteiger partial charge < -0.3 is 15.6 Å². The van der Waals surface area contributed by atoms with Crippen LogP contribution in [0.15, 0.2) is 12.3 Å². The fourth-order valence-electron chi connectivity index (χ4n) is 2.57. The maximum Gasteiger partial charge on any atom is 0.240 e. The van der Waals surface area contributed by atoms with Crippen molar-refractivity contribution < 1.29 is 4.79 Å². The Labute approximate surface area is 104 Å². The summed E-state index contributed by atoms with van der Waals surface area (Å²) in [5, 5.41) is 0.939. The standard InChI is InChI=1S/C12H15N5O/c1-7-15-11-8(4-5-14-11)12(16-7)17-6-2-3-9(17)10(13)18/h4-5,9H,2-3,6H2,1H3,(H2,13,18)(H,14,15,16)/t9-/m1/s1. The van der Waals surface area contributed by atoms with Gasteiger partial charge >= 0.3 is 0 Å². The highest BCUT2D eigenvalue weighted by atomic mass is 16.1. The molecule has 1 atom stereocenters. The number of aromatic nitrogens is 3. The van der Waals surface area contributed by atoms with Gasteiger partial charge in [0.05, 0.1) is 5.39 Å². The Morgan fingerprint density at radius 1 is 1.56 bits per heavy atom. The molecular weight excluding hydrogens is 230 g/mol. The molecule has 1 saturated heterocycles. The Morgan fingerprint density at radius 2 is 2.39 bits per heavy atom. The van der Waals surface area contributed by atoms with Crippen LogP contribution in [0.4, 0.5) is 5.82 Å². The summed E-state index contributed by atoms with van der Waals surface area (Å²) in [7, 11) is 0. The first-order valence-electron chi connectivity index (χ1n) is 6.04. The van der Waals surface area contributed by atoms with Gasteiger partial charge in [0.1, 0.15) is 23.3 Å². The number of fused-ring (bicyclic) bond motifs is 1. The average molecular weight is 245 g/mol. The third-order valence-electron chi connectivity index (χ3n) is 3.36. The van der Waals surface area contributed by atoms with Gasteiger partial charge in [-0.25, -0.2) is 9.97 Å². The smallest absolute Gasteiger partial charge is 0.240 e. The van der Waals surface area contributed by atoms with Crippen LogP contribution in [0, 0.1) is 6.92 Å². The van der Waals surface area contributed by atoms with Crippen LogP contribution in [-0.2, 0) is 4.79 Å². The van der Waals surface area contributed by atoms with Crippen molar-refractivity contribution in [2.75, 3.05) is 11.4 Å². The second kappa shape index (κ2) is 3.97. The van der Waals surface area contributed by atoms with Crippen LogP contribution in [0.25, 0.3) is 11.0 Å². The maximum atomic E-state index is 11.5. The zero-order valence-corrected chi connectivity index (χ0v) is 10.2. The summed E-state index contributed by atoms with van der Waals surface area (Å²) in [6, 6.07) is 1.68. The maximum absolute atomic E-state index is 11.5. The summed E-state index contributed by atoms with van der Waals surface area (Å²) >= 11 is 0. The Bertz CT molecular complexity index is 606. The predicted molar refractivity (Wildman–Crippen MR) is 68.2 cm³/mol. The number of aromatic amines is 1. The molecule has 0 radical (unpaired) electrons. The molecule has 2 aromatic rings. The fraction of sp³-hybridized carbons (Fsp3) is 0.417. The molecule has 3 heterocycles. The van der Waals surface area contributed by atoms with Gasteiger partial charge in [-0.2, -0.15) is 0 Å². The normalized spacial score (nSPS) is 19.6. The van der Waals surface area contributed by atoms with Crippen molar-refractivity contribution in [3.8, 4) is 0 Å². The minimum absolute atomic E-state index is 0.252. The molecule has 1 amide bonds. The number of hydrogen-bond donors (Lipinski definition) is 2. The zero-order valence-electron chi connectivity index (χ0n) is 10.2. The minimum Gasteiger partial charge on any atom is -0.368 e. The van der Waals surface area contributed by atoms with Crippen molar-refractivity contribution in [2.24, 2.45) is 5.73 Å². The third-order valence-corrected chi connectivity index (χ3v) is 3.36. The van der Waals surface area contributed by atoms with Crippen LogP contribution in [-0.4, -0.2) is 33.4 Å². The lowest BCUT2D eigenvalue weighted by atomic mass is 10.2. The largest absolute Gasteiger partial charge is 0.368 e. The van der Waals surface area contributed by atoms with Gasteiger partial charge in [-0.15, -0.1) is 0 Å². The molecule has 0 spiro atoms. The minimum atomic E-state index is -0.285. The second-order valence-corrected chi connectivity index (χ2v) is 4.59. The number of carbonyl (C=O) groups excluding carboxylic acids is 1. The lowest BCUT2D eigenvalue weighted by molar-refractivity contribution is -0.119. The highest BCUT2D eigenvalue weighted by Gasteiger charge is 2.31. The quantitative estimate of drug-likeness (QED) is 0.816. The van der Waals surface area contributed by atoms with Gasteiger partial charge in [0.15, 0.2) is 0 Å². The highest BCUT2D eigenvalue weighted by molar-refractivity contribution is 5.91. The van der Waals surface area contributed by atoms with E-state index in [9.17, 15) is 4.79 Å². The van der Waals surface area contributed by atoms with E-state index in [0.717, 1.165) is 36.2 Å². The molecule has 18 heavy (non-hydrogen) atoms. The van der Waals surface area contributed by atoms with Crippen molar-refractivity contribution in [2.45, 2.75) is 25.8 Å². The Kier molecular flexibility index (Phi) is 2.43. The SMILES string of the molecule is Cc1nc(N2CCC[C@@H]2C(N)=O)c2cc[nH]c2n1. The fourth-order valence-corrected chi connectivity index (χ4v) is 2.57. The molecular formula is C12H15N5O. The summed E-state index contributed by atoms with van der Waals surface area (Å²) < 4.78 is 0. The molecule has 0 saturated carbocycles. The van der Waals surface area contributed by atoms with Crippen LogP contribution in [0.2, 0.25) is 0 Å². The number of rotatable bonds is 2. The van der Waals surface area contributed by atoms with Crippen molar-refractivity contribution in [1.82, 2.24) is 15.0 Å². The lowest BCUT2D eigenvalue weighted by Gasteiger charge is -2.23. The van der Waals surface area contributed by atoms with Gasteiger partial charge in [-0.05, 0) is 25.8 Å². The lowest BCUT2D eigenvalue weighted by Crippen LogP contribution is -2.40. The number of H-pyrrole nitrogens is 1. The third kappa shape index (κ3) is 1.61. The van der Waals surface area contributed by atoms with E-state index in [1.54, 1.807) is 0 Å². The van der Waals surface area contributed by atoms with Crippen molar-refractivity contribution in [1.29, 1.82) is 0 Å². The molecule has 94 valence electrons. The van der Waals surface area contributed by atoms with Crippen LogP contribution < -0.4 is 10.6 Å². The predicted octanol–water partition coefficient (Wildman–Crippen LogP) is 0.720. The Hall–Kier alpha value is -2.11. The summed E-state index contributed by atoms with van der Waals surface area (Å²) in [6.07, 6.45) is 3.59. The van der Waals surface area contributed by atoms with Crippen LogP contribution in [0.1, 0.15) is 18.7 Å². The molecule has 1 fully saturated rings. The first-order valence-corrected chi connectivity index (χ1v) is 6.04. The first kappa shape index (κ1) is 11.0. The molecule has 2 aromatic heterocycles. The van der Waals surface area contributed by atoms with Crippen LogP contribution >= 0.6 is 0 Å². The molecule has 3 rings (SSSR count). The van der Waals surface area contributed by atoms with E-state index in [2.05, 4.69) is 15.0 Å². The number of nitrogens with two attached hydrogens (primary N) is 1. The van der Waals surface area contributed by atoms with Gasteiger partial charge in [-0.3, -0.25) is 4.79 Å². The summed E-state index contributed by atoms with van der Waals surface area (Å²) in [4.78, 5) is 25.3. The molecule has 0 bridgehead atoms. The van der Waals surface area contributed by atoms with Crippen molar-refractivity contribution in [3.05, 3.63) is 18.1 Å². The van der Waals surface area contributed by atoms with Crippen LogP contribution in [0.5, 0.6) is 0 Å². The number of aryl methyl sites for hydroxylation is 1. The van der Waals surface area contributed by atoms with Gasteiger partial charge in [-0.1, -0.05) is 0 Å². The molecule has 3 N–H and O–H groups in total. The van der Waals surface area contributed by atoms with E-state index in [4.69, 9.17) is 5.73 Å². The number of amides is 1. The van der Waals surface area contributed by atoms with E-state index in [0.29, 0.717) is 5.82 Å². The average Bonchev–Trinajstić information content (AvgIpc) is 2.95. The molecule has 0 aromatic carbocycles. The topological polar surface area (TPSA) is 87.9 Å². The molecule has 6 nitrogen and oxygen atoms in total. The number of hydrogen-bond acceptors (Lipinski definition) is 4. The van der Waals surface area contributed by atoms with Crippen LogP contribution in [0.3, 0.4) is 0 Å². The molecule has 1 aliphatic heterocycles. The first-order chi connectivity index (χ1) is 8.66. The van der Waals surface area contributed by atoms with E-state index in [1.807, 2.05) is 24.1 Å². The number of nitrogens with one attached hydrogen (secondary N) is 1. The van der Waals surface area contributed by atoms with E-state index in [-0.39, 0.29) is 11.9 Å². The van der Waals surface area contributed by atoms with E-state index >= 15 is 0 Å². The molecule has 6 heteroatoms. The molecule has 0 aliphatic carbocycles. The number of carbonyl (C=O) groups is 1. The monoisotopic (exact) mass is 245 g/mol. The molecule has 1 aliphatic rings. The second-order valence-electron chi connectivity index (χ2n) is 4.59. The van der Waals surface area contributed by atoms with Gasteiger partial charge in [0.25, 0.3) is 0 Å². The van der Waals surface area contributed by atoms with Gasteiger partial charge in [0.2, 0.25) is 5.91 Å². The number of anilines is 1. The Morgan fingerprint density at radius 3 is 3.17 bits per heavy atom. The highest BCUT2D eigenvalue weighted by Crippen LogP contribution is 2.29. The molecule has 0 unspecified atom stereocenters. The summed E-state index contributed by atoms with van der Waals surface area (Å²) in [6.45, 7) is 2.66. The van der Waals surface area contributed by atoms with Gasteiger partial charge in [0, 0.05) is 12.7 Å². The zero-order chi connectivity index (χ0) is 12.7. The Balaban J connectivity index is 2.13. The summed E-state index contributed by atoms with van der Waals surface area (Å²) in [5.74, 6) is 1.21. The number of nitrogens with zero attached hydrogens (tertiary/aromatic N) is 3. The number of primary amides is 1. The summed E-state index contributed by atoms with van der Waals surface area (Å²) in [5.41, 5.74) is 6.25. The van der Waals surface area contributed by atoms with Crippen molar-refractivity contribution in [3.63, 3.8) is 0 Å².